The monoisotopic (exact) mass is 265 g/mol. The second-order valence-corrected chi connectivity index (χ2v) is 4.92. The van der Waals surface area contributed by atoms with Gasteiger partial charge in [0.25, 0.3) is 5.56 Å². The number of carbonyl (C=O) groups excluding carboxylic acids is 1. The lowest BCUT2D eigenvalue weighted by molar-refractivity contribution is -0.117. The van der Waals surface area contributed by atoms with Gasteiger partial charge in [0.05, 0.1) is 19.1 Å². The maximum atomic E-state index is 12.0. The average Bonchev–Trinajstić information content (AvgIpc) is 2.67. The van der Waals surface area contributed by atoms with Crippen LogP contribution in [0.5, 0.6) is 0 Å². The average molecular weight is 265 g/mol. The lowest BCUT2D eigenvalue weighted by atomic mass is 10.1. The number of nitrogens with zero attached hydrogens (tertiary/aromatic N) is 2. The molecular formula is C13H19N3O3. The maximum Gasteiger partial charge on any atom is 0.255 e. The highest BCUT2D eigenvalue weighted by Gasteiger charge is 2.31. The predicted molar refractivity (Wildman–Crippen MR) is 71.2 cm³/mol. The molecule has 1 aromatic heterocycles. The van der Waals surface area contributed by atoms with Gasteiger partial charge in [-0.3, -0.25) is 19.5 Å². The minimum atomic E-state index is -0.683. The second kappa shape index (κ2) is 5.52. The zero-order chi connectivity index (χ0) is 14.0. The number of hydrogen-bond acceptors (Lipinski definition) is 4. The van der Waals surface area contributed by atoms with Gasteiger partial charge in [-0.05, 0) is 19.8 Å². The Bertz CT molecular complexity index is 538. The van der Waals surface area contributed by atoms with Crippen LogP contribution in [-0.2, 0) is 11.2 Å². The van der Waals surface area contributed by atoms with Crippen LogP contribution in [-0.4, -0.2) is 33.6 Å². The molecule has 6 heteroatoms. The molecule has 0 spiro atoms. The number of carbonyl (C=O) groups is 1. The largest absolute Gasteiger partial charge is 0.391 e. The molecule has 19 heavy (non-hydrogen) atoms. The molecular weight excluding hydrogens is 246 g/mol. The summed E-state index contributed by atoms with van der Waals surface area (Å²) in [7, 11) is 0. The number of amides is 1. The highest BCUT2D eigenvalue weighted by atomic mass is 16.3. The van der Waals surface area contributed by atoms with E-state index in [-0.39, 0.29) is 30.4 Å². The normalized spacial score (nSPS) is 19.2. The summed E-state index contributed by atoms with van der Waals surface area (Å²) in [6.45, 7) is 4.03. The smallest absolute Gasteiger partial charge is 0.255 e. The quantitative estimate of drug-likeness (QED) is 0.831. The van der Waals surface area contributed by atoms with Gasteiger partial charge in [-0.15, -0.1) is 0 Å². The Morgan fingerprint density at radius 2 is 2.21 bits per heavy atom. The van der Waals surface area contributed by atoms with E-state index < -0.39 is 6.10 Å². The number of aliphatic hydroxyl groups is 1. The molecule has 1 aliphatic rings. The van der Waals surface area contributed by atoms with Gasteiger partial charge in [0.1, 0.15) is 0 Å². The summed E-state index contributed by atoms with van der Waals surface area (Å²) in [5.41, 5.74) is 1.14. The van der Waals surface area contributed by atoms with Crippen LogP contribution in [0.25, 0.3) is 0 Å². The van der Waals surface area contributed by atoms with Crippen molar-refractivity contribution < 1.29 is 9.90 Å². The molecule has 1 unspecified atom stereocenters. The van der Waals surface area contributed by atoms with E-state index in [9.17, 15) is 14.7 Å². The summed E-state index contributed by atoms with van der Waals surface area (Å²) in [5.74, 6) is 0.0284. The van der Waals surface area contributed by atoms with Crippen molar-refractivity contribution in [2.75, 3.05) is 11.4 Å². The lowest BCUT2D eigenvalue weighted by Gasteiger charge is -2.15. The fourth-order valence-corrected chi connectivity index (χ4v) is 2.26. The molecule has 2 heterocycles. The van der Waals surface area contributed by atoms with E-state index in [1.165, 1.54) is 4.90 Å². The maximum absolute atomic E-state index is 12.0. The van der Waals surface area contributed by atoms with Crippen molar-refractivity contribution in [1.82, 2.24) is 9.97 Å². The third-order valence-corrected chi connectivity index (χ3v) is 3.35. The molecule has 1 saturated heterocycles. The first-order valence-corrected chi connectivity index (χ1v) is 6.61. The third kappa shape index (κ3) is 2.84. The molecule has 1 aliphatic heterocycles. The molecule has 0 saturated carbocycles. The first-order chi connectivity index (χ1) is 9.02. The van der Waals surface area contributed by atoms with Gasteiger partial charge < -0.3 is 5.11 Å². The Morgan fingerprint density at radius 3 is 2.74 bits per heavy atom. The highest BCUT2D eigenvalue weighted by molar-refractivity contribution is 5.94. The van der Waals surface area contributed by atoms with Crippen LogP contribution in [0.2, 0.25) is 0 Å². The fourth-order valence-electron chi connectivity index (χ4n) is 2.26. The first kappa shape index (κ1) is 13.7. The third-order valence-electron chi connectivity index (χ3n) is 3.35. The number of anilines is 1. The van der Waals surface area contributed by atoms with E-state index in [0.29, 0.717) is 17.7 Å². The van der Waals surface area contributed by atoms with Crippen molar-refractivity contribution in [3.05, 3.63) is 21.6 Å². The summed E-state index contributed by atoms with van der Waals surface area (Å²) >= 11 is 0. The standard InChI is InChI=1S/C13H19N3O3/c1-3-4-5-10-8(2)14-13(15-12(10)19)16-7-9(17)6-11(16)18/h9,17H,3-7H2,1-2H3,(H,14,15,19). The van der Waals surface area contributed by atoms with Crippen LogP contribution >= 0.6 is 0 Å². The number of aryl methyl sites for hydroxylation is 1. The Balaban J connectivity index is 2.30. The molecule has 6 nitrogen and oxygen atoms in total. The molecule has 0 bridgehead atoms. The molecule has 1 aromatic rings. The predicted octanol–water partition coefficient (Wildman–Crippen LogP) is 0.519. The minimum absolute atomic E-state index is 0.0837. The summed E-state index contributed by atoms with van der Waals surface area (Å²) in [4.78, 5) is 32.0. The number of rotatable bonds is 4. The van der Waals surface area contributed by atoms with E-state index in [4.69, 9.17) is 0 Å². The number of aromatic nitrogens is 2. The number of aromatic amines is 1. The molecule has 104 valence electrons. The highest BCUT2D eigenvalue weighted by Crippen LogP contribution is 2.17. The summed E-state index contributed by atoms with van der Waals surface area (Å²) in [6, 6.07) is 0. The molecule has 1 atom stereocenters. The van der Waals surface area contributed by atoms with Crippen LogP contribution in [0.1, 0.15) is 37.4 Å². The van der Waals surface area contributed by atoms with Crippen LogP contribution in [0.4, 0.5) is 5.95 Å². The number of H-pyrrole nitrogens is 1. The Morgan fingerprint density at radius 1 is 1.47 bits per heavy atom. The number of hydrogen-bond donors (Lipinski definition) is 2. The number of unbranched alkanes of at least 4 members (excludes halogenated alkanes) is 1. The van der Waals surface area contributed by atoms with E-state index in [1.807, 2.05) is 0 Å². The molecule has 1 fully saturated rings. The molecule has 1 amide bonds. The van der Waals surface area contributed by atoms with Gasteiger partial charge in [-0.2, -0.15) is 0 Å². The summed E-state index contributed by atoms with van der Waals surface area (Å²) in [5, 5.41) is 9.46. The van der Waals surface area contributed by atoms with Crippen LogP contribution in [0.3, 0.4) is 0 Å². The topological polar surface area (TPSA) is 86.3 Å². The lowest BCUT2D eigenvalue weighted by Crippen LogP contribution is -2.30. The Kier molecular flexibility index (Phi) is 3.99. The van der Waals surface area contributed by atoms with Crippen LogP contribution < -0.4 is 10.5 Å². The molecule has 2 rings (SSSR count). The van der Waals surface area contributed by atoms with Gasteiger partial charge in [0, 0.05) is 11.3 Å². The zero-order valence-corrected chi connectivity index (χ0v) is 11.3. The van der Waals surface area contributed by atoms with E-state index in [2.05, 4.69) is 16.9 Å². The van der Waals surface area contributed by atoms with E-state index >= 15 is 0 Å². The Labute approximate surface area is 111 Å². The summed E-state index contributed by atoms with van der Waals surface area (Å²) < 4.78 is 0. The molecule has 0 radical (unpaired) electrons. The van der Waals surface area contributed by atoms with Gasteiger partial charge >= 0.3 is 0 Å². The van der Waals surface area contributed by atoms with Crippen molar-refractivity contribution >= 4 is 11.9 Å². The van der Waals surface area contributed by atoms with E-state index in [0.717, 1.165) is 12.8 Å². The zero-order valence-electron chi connectivity index (χ0n) is 11.3. The number of aliphatic hydroxyl groups excluding tert-OH is 1. The van der Waals surface area contributed by atoms with Crippen molar-refractivity contribution in [1.29, 1.82) is 0 Å². The first-order valence-electron chi connectivity index (χ1n) is 6.61. The van der Waals surface area contributed by atoms with Crippen molar-refractivity contribution in [2.24, 2.45) is 0 Å². The van der Waals surface area contributed by atoms with Crippen LogP contribution in [0, 0.1) is 6.92 Å². The summed E-state index contributed by atoms with van der Waals surface area (Å²) in [6.07, 6.45) is 2.05. The number of nitrogens with one attached hydrogen (secondary N) is 1. The van der Waals surface area contributed by atoms with E-state index in [1.54, 1.807) is 6.92 Å². The van der Waals surface area contributed by atoms with Gasteiger partial charge in [-0.1, -0.05) is 13.3 Å². The van der Waals surface area contributed by atoms with Crippen molar-refractivity contribution in [2.45, 2.75) is 45.6 Å². The number of β-amino-alcohol motifs (C(OH)–C–C–N with tert-alkyl or cyclic N) is 1. The SMILES string of the molecule is CCCCc1c(C)nc(N2CC(O)CC2=O)[nH]c1=O. The fraction of sp³-hybridized carbons (Fsp3) is 0.615. The van der Waals surface area contributed by atoms with Crippen molar-refractivity contribution in [3.63, 3.8) is 0 Å². The molecule has 0 aromatic carbocycles. The van der Waals surface area contributed by atoms with Crippen molar-refractivity contribution in [3.8, 4) is 0 Å². The Hall–Kier alpha value is -1.69. The minimum Gasteiger partial charge on any atom is -0.391 e. The second-order valence-electron chi connectivity index (χ2n) is 4.92. The van der Waals surface area contributed by atoms with Crippen LogP contribution in [0.15, 0.2) is 4.79 Å². The van der Waals surface area contributed by atoms with Gasteiger partial charge in [0.2, 0.25) is 11.9 Å². The molecule has 0 aliphatic carbocycles. The van der Waals surface area contributed by atoms with Gasteiger partial charge in [-0.25, -0.2) is 4.98 Å². The van der Waals surface area contributed by atoms with Gasteiger partial charge in [0.15, 0.2) is 0 Å². The molecule has 2 N–H and O–H groups in total.